The quantitative estimate of drug-likeness (QED) is 0.338. The zero-order chi connectivity index (χ0) is 17.5. The van der Waals surface area contributed by atoms with E-state index in [1.807, 2.05) is 20.8 Å². The number of rotatable bonds is 5. The summed E-state index contributed by atoms with van der Waals surface area (Å²) < 4.78 is 0. The van der Waals surface area contributed by atoms with Gasteiger partial charge in [-0.25, -0.2) is 0 Å². The average molecular weight is 453 g/mol. The summed E-state index contributed by atoms with van der Waals surface area (Å²) in [6.45, 7) is 13.9. The summed E-state index contributed by atoms with van der Waals surface area (Å²) in [4.78, 5) is 18.6. The molecule has 7 heteroatoms. The van der Waals surface area contributed by atoms with Crippen LogP contribution in [0.4, 0.5) is 0 Å². The predicted octanol–water partition coefficient (Wildman–Crippen LogP) is 1.80. The smallest absolute Gasteiger partial charge is 0.239 e. The minimum atomic E-state index is -0.210. The fraction of sp³-hybridized carbons (Fsp3) is 0.882. The lowest BCUT2D eigenvalue weighted by Crippen LogP contribution is -2.49. The minimum absolute atomic E-state index is 0. The second-order valence-electron chi connectivity index (χ2n) is 7.70. The normalized spacial score (nSPS) is 19.6. The van der Waals surface area contributed by atoms with Gasteiger partial charge in [-0.3, -0.25) is 9.79 Å². The number of likely N-dealkylation sites (tertiary alicyclic amines) is 1. The Kier molecular flexibility index (Phi) is 10.9. The monoisotopic (exact) mass is 453 g/mol. The SMILES string of the molecule is CN=C(NCC(=O)NC(C)(C)C)NCC1CCCN(C(C)C)C1.I. The maximum Gasteiger partial charge on any atom is 0.239 e. The van der Waals surface area contributed by atoms with Crippen molar-refractivity contribution in [1.29, 1.82) is 0 Å². The van der Waals surface area contributed by atoms with E-state index in [2.05, 4.69) is 39.7 Å². The molecule has 0 aromatic heterocycles. The van der Waals surface area contributed by atoms with Gasteiger partial charge in [0, 0.05) is 31.7 Å². The molecule has 1 aliphatic heterocycles. The summed E-state index contributed by atoms with van der Waals surface area (Å²) in [5, 5.41) is 9.36. The van der Waals surface area contributed by atoms with Crippen molar-refractivity contribution in [2.75, 3.05) is 33.2 Å². The third-order valence-electron chi connectivity index (χ3n) is 3.99. The van der Waals surface area contributed by atoms with E-state index in [4.69, 9.17) is 0 Å². The van der Waals surface area contributed by atoms with Crippen LogP contribution in [0.25, 0.3) is 0 Å². The van der Waals surface area contributed by atoms with Crippen molar-refractivity contribution >= 4 is 35.8 Å². The molecule has 1 rings (SSSR count). The van der Waals surface area contributed by atoms with E-state index in [-0.39, 0.29) is 42.0 Å². The van der Waals surface area contributed by atoms with Gasteiger partial charge in [-0.05, 0) is 59.9 Å². The molecular formula is C17H36IN5O. The highest BCUT2D eigenvalue weighted by Gasteiger charge is 2.21. The first-order chi connectivity index (χ1) is 10.7. The van der Waals surface area contributed by atoms with E-state index in [1.165, 1.54) is 19.4 Å². The first-order valence-corrected chi connectivity index (χ1v) is 8.71. The topological polar surface area (TPSA) is 68.8 Å². The molecule has 1 amide bonds. The predicted molar refractivity (Wildman–Crippen MR) is 112 cm³/mol. The third-order valence-corrected chi connectivity index (χ3v) is 3.99. The zero-order valence-corrected chi connectivity index (χ0v) is 18.4. The molecule has 0 saturated carbocycles. The molecule has 142 valence electrons. The molecule has 6 nitrogen and oxygen atoms in total. The van der Waals surface area contributed by atoms with E-state index >= 15 is 0 Å². The van der Waals surface area contributed by atoms with E-state index in [1.54, 1.807) is 7.05 Å². The number of guanidine groups is 1. The van der Waals surface area contributed by atoms with Crippen molar-refractivity contribution in [3.63, 3.8) is 0 Å². The number of hydrogen-bond donors (Lipinski definition) is 3. The molecule has 1 saturated heterocycles. The van der Waals surface area contributed by atoms with Crippen molar-refractivity contribution in [3.8, 4) is 0 Å². The molecule has 0 aliphatic carbocycles. The van der Waals surface area contributed by atoms with Gasteiger partial charge in [0.1, 0.15) is 0 Å². The molecule has 1 heterocycles. The van der Waals surface area contributed by atoms with Crippen LogP contribution < -0.4 is 16.0 Å². The minimum Gasteiger partial charge on any atom is -0.356 e. The van der Waals surface area contributed by atoms with Crippen molar-refractivity contribution in [2.24, 2.45) is 10.9 Å². The Balaban J connectivity index is 0.00000529. The Hall–Kier alpha value is -0.570. The van der Waals surface area contributed by atoms with E-state index in [0.717, 1.165) is 13.1 Å². The second kappa shape index (κ2) is 11.1. The maximum atomic E-state index is 11.8. The Morgan fingerprint density at radius 3 is 2.50 bits per heavy atom. The van der Waals surface area contributed by atoms with E-state index in [0.29, 0.717) is 17.9 Å². The first-order valence-electron chi connectivity index (χ1n) is 8.71. The van der Waals surface area contributed by atoms with Crippen molar-refractivity contribution < 1.29 is 4.79 Å². The largest absolute Gasteiger partial charge is 0.356 e. The molecule has 1 atom stereocenters. The first kappa shape index (κ1) is 23.4. The highest BCUT2D eigenvalue weighted by molar-refractivity contribution is 14.0. The molecule has 3 N–H and O–H groups in total. The van der Waals surface area contributed by atoms with Gasteiger partial charge >= 0.3 is 0 Å². The molecule has 0 aromatic rings. The number of piperidine rings is 1. The number of carbonyl (C=O) groups is 1. The summed E-state index contributed by atoms with van der Waals surface area (Å²) in [5.41, 5.74) is -0.210. The Bertz CT molecular complexity index is 406. The van der Waals surface area contributed by atoms with Gasteiger partial charge in [0.15, 0.2) is 5.96 Å². The molecule has 0 spiro atoms. The van der Waals surface area contributed by atoms with Gasteiger partial charge in [0.25, 0.3) is 0 Å². The summed E-state index contributed by atoms with van der Waals surface area (Å²) in [6.07, 6.45) is 2.50. The molecular weight excluding hydrogens is 417 g/mol. The molecule has 0 radical (unpaired) electrons. The number of hydrogen-bond acceptors (Lipinski definition) is 3. The summed E-state index contributed by atoms with van der Waals surface area (Å²) >= 11 is 0. The van der Waals surface area contributed by atoms with Gasteiger partial charge in [-0.1, -0.05) is 0 Å². The van der Waals surface area contributed by atoms with Gasteiger partial charge in [-0.2, -0.15) is 0 Å². The summed E-state index contributed by atoms with van der Waals surface area (Å²) in [7, 11) is 1.73. The molecule has 1 unspecified atom stereocenters. The van der Waals surface area contributed by atoms with Gasteiger partial charge < -0.3 is 20.9 Å². The van der Waals surface area contributed by atoms with Crippen LogP contribution in [0.2, 0.25) is 0 Å². The van der Waals surface area contributed by atoms with Crippen molar-refractivity contribution in [3.05, 3.63) is 0 Å². The second-order valence-corrected chi connectivity index (χ2v) is 7.70. The highest BCUT2D eigenvalue weighted by atomic mass is 127. The average Bonchev–Trinajstić information content (AvgIpc) is 2.46. The van der Waals surface area contributed by atoms with Crippen LogP contribution in [-0.4, -0.2) is 61.6 Å². The number of nitrogens with zero attached hydrogens (tertiary/aromatic N) is 2. The Morgan fingerprint density at radius 1 is 1.29 bits per heavy atom. The van der Waals surface area contributed by atoms with Crippen LogP contribution in [0.5, 0.6) is 0 Å². The van der Waals surface area contributed by atoms with Crippen LogP contribution in [0.1, 0.15) is 47.5 Å². The standard InChI is InChI=1S/C17H35N5O.HI/c1-13(2)22-9-7-8-14(12-22)10-19-16(18-6)20-11-15(23)21-17(3,4)5;/h13-14H,7-12H2,1-6H3,(H,21,23)(H2,18,19,20);1H. The molecule has 0 bridgehead atoms. The lowest BCUT2D eigenvalue weighted by Gasteiger charge is -2.35. The van der Waals surface area contributed by atoms with Gasteiger partial charge in [-0.15, -0.1) is 24.0 Å². The van der Waals surface area contributed by atoms with Gasteiger partial charge in [0.2, 0.25) is 5.91 Å². The highest BCUT2D eigenvalue weighted by Crippen LogP contribution is 2.17. The zero-order valence-electron chi connectivity index (χ0n) is 16.1. The lowest BCUT2D eigenvalue weighted by molar-refractivity contribution is -0.121. The molecule has 0 aromatic carbocycles. The van der Waals surface area contributed by atoms with E-state index in [9.17, 15) is 4.79 Å². The number of aliphatic imine (C=N–C) groups is 1. The molecule has 1 fully saturated rings. The number of halogens is 1. The number of carbonyl (C=O) groups excluding carboxylic acids is 1. The third kappa shape index (κ3) is 9.66. The Labute approximate surface area is 164 Å². The van der Waals surface area contributed by atoms with E-state index < -0.39 is 0 Å². The van der Waals surface area contributed by atoms with Gasteiger partial charge in [0.05, 0.1) is 6.54 Å². The van der Waals surface area contributed by atoms with Crippen LogP contribution in [-0.2, 0) is 4.79 Å². The fourth-order valence-electron chi connectivity index (χ4n) is 2.82. The number of nitrogens with one attached hydrogen (secondary N) is 3. The van der Waals surface area contributed by atoms with Crippen LogP contribution in [0.3, 0.4) is 0 Å². The van der Waals surface area contributed by atoms with Crippen molar-refractivity contribution in [2.45, 2.75) is 59.0 Å². The van der Waals surface area contributed by atoms with Crippen LogP contribution in [0, 0.1) is 5.92 Å². The Morgan fingerprint density at radius 2 is 1.96 bits per heavy atom. The maximum absolute atomic E-state index is 11.8. The number of amides is 1. The summed E-state index contributed by atoms with van der Waals surface area (Å²) in [5.74, 6) is 1.30. The fourth-order valence-corrected chi connectivity index (χ4v) is 2.82. The van der Waals surface area contributed by atoms with Crippen LogP contribution in [0.15, 0.2) is 4.99 Å². The summed E-state index contributed by atoms with van der Waals surface area (Å²) in [6, 6.07) is 0.608. The molecule has 1 aliphatic rings. The lowest BCUT2D eigenvalue weighted by atomic mass is 9.97. The van der Waals surface area contributed by atoms with Crippen LogP contribution >= 0.6 is 24.0 Å². The van der Waals surface area contributed by atoms with Crippen molar-refractivity contribution in [1.82, 2.24) is 20.9 Å². The molecule has 24 heavy (non-hydrogen) atoms.